The number of amides is 2. The van der Waals surface area contributed by atoms with Gasteiger partial charge in [0, 0.05) is 18.7 Å². The van der Waals surface area contributed by atoms with Crippen molar-refractivity contribution in [3.8, 4) is 5.75 Å². The van der Waals surface area contributed by atoms with Crippen LogP contribution in [-0.2, 0) is 14.8 Å². The summed E-state index contributed by atoms with van der Waals surface area (Å²) in [4.78, 5) is 24.6. The lowest BCUT2D eigenvalue weighted by Crippen LogP contribution is -2.47. The van der Waals surface area contributed by atoms with Crippen LogP contribution in [0.15, 0.2) is 53.4 Å². The Morgan fingerprint density at radius 2 is 1.65 bits per heavy atom. The van der Waals surface area contributed by atoms with Crippen LogP contribution in [0.4, 0.5) is 5.69 Å². The number of hydrogen-bond donors (Lipinski definition) is 2. The normalized spacial score (nSPS) is 13.1. The van der Waals surface area contributed by atoms with Crippen molar-refractivity contribution in [3.05, 3.63) is 54.1 Å². The number of carbonyl (C=O) groups is 2. The Bertz CT molecular complexity index is 1020. The van der Waals surface area contributed by atoms with Crippen LogP contribution in [0.2, 0.25) is 0 Å². The first-order chi connectivity index (χ1) is 14.6. The molecule has 0 heterocycles. The van der Waals surface area contributed by atoms with E-state index in [4.69, 9.17) is 4.74 Å². The largest absolute Gasteiger partial charge is 0.495 e. The van der Waals surface area contributed by atoms with Gasteiger partial charge in [-0.2, -0.15) is 0 Å². The smallest absolute Gasteiger partial charge is 0.264 e. The summed E-state index contributed by atoms with van der Waals surface area (Å²) in [6, 6.07) is 11.6. The average molecular weight is 448 g/mol. The maximum absolute atomic E-state index is 13.0. The van der Waals surface area contributed by atoms with Crippen LogP contribution in [0.1, 0.15) is 37.6 Å². The molecule has 0 aliphatic rings. The minimum Gasteiger partial charge on any atom is -0.495 e. The van der Waals surface area contributed by atoms with Gasteiger partial charge in [-0.15, -0.1) is 0 Å². The number of benzene rings is 2. The topological polar surface area (TPSA) is 105 Å². The summed E-state index contributed by atoms with van der Waals surface area (Å²) in [6.07, 6.45) is 0.783. The molecule has 0 aliphatic carbocycles. The molecule has 2 atom stereocenters. The predicted octanol–water partition coefficient (Wildman–Crippen LogP) is 2.55. The molecule has 0 bridgehead atoms. The molecular formula is C22H29N3O5S. The number of sulfonamides is 1. The third-order valence-electron chi connectivity index (χ3n) is 4.94. The van der Waals surface area contributed by atoms with Crippen LogP contribution in [0.5, 0.6) is 5.75 Å². The monoisotopic (exact) mass is 447 g/mol. The van der Waals surface area contributed by atoms with Crippen molar-refractivity contribution in [2.75, 3.05) is 18.5 Å². The van der Waals surface area contributed by atoms with E-state index in [1.165, 1.54) is 38.4 Å². The Labute approximate surface area is 183 Å². The lowest BCUT2D eigenvalue weighted by Gasteiger charge is -2.21. The number of para-hydroxylation sites is 2. The highest BCUT2D eigenvalue weighted by atomic mass is 32.2. The highest BCUT2D eigenvalue weighted by Gasteiger charge is 2.24. The quantitative estimate of drug-likeness (QED) is 0.615. The summed E-state index contributed by atoms with van der Waals surface area (Å²) >= 11 is 0. The van der Waals surface area contributed by atoms with Gasteiger partial charge in [-0.1, -0.05) is 19.1 Å². The van der Waals surface area contributed by atoms with Crippen molar-refractivity contribution in [3.63, 3.8) is 0 Å². The van der Waals surface area contributed by atoms with Crippen LogP contribution >= 0.6 is 0 Å². The summed E-state index contributed by atoms with van der Waals surface area (Å²) in [5.74, 6) is -0.316. The molecule has 0 saturated heterocycles. The van der Waals surface area contributed by atoms with Crippen LogP contribution in [0.25, 0.3) is 0 Å². The Hall–Kier alpha value is -3.07. The molecule has 0 aliphatic heterocycles. The van der Waals surface area contributed by atoms with Crippen LogP contribution in [0.3, 0.4) is 0 Å². The highest BCUT2D eigenvalue weighted by molar-refractivity contribution is 7.92. The molecule has 168 valence electrons. The van der Waals surface area contributed by atoms with E-state index in [0.29, 0.717) is 11.4 Å². The summed E-state index contributed by atoms with van der Waals surface area (Å²) in [6.45, 7) is 5.43. The van der Waals surface area contributed by atoms with E-state index in [1.807, 2.05) is 13.8 Å². The highest BCUT2D eigenvalue weighted by Crippen LogP contribution is 2.30. The standard InChI is InChI=1S/C22H29N3O5S/c1-6-15(2)23-21(26)16(3)24-22(27)17-11-13-18(14-12-17)31(28,29)25(4)19-9-7-8-10-20(19)30-5/h7-16H,6H2,1-5H3,(H,23,26)(H,24,27)/t15-,16-/m1/s1. The lowest BCUT2D eigenvalue weighted by atomic mass is 10.2. The molecule has 2 N–H and O–H groups in total. The molecule has 2 amide bonds. The third kappa shape index (κ3) is 5.75. The second kappa shape index (κ2) is 10.3. The second-order valence-electron chi connectivity index (χ2n) is 7.18. The minimum absolute atomic E-state index is 0.0107. The number of ether oxygens (including phenoxy) is 1. The van der Waals surface area contributed by atoms with Crippen molar-refractivity contribution in [1.82, 2.24) is 10.6 Å². The van der Waals surface area contributed by atoms with Gasteiger partial charge in [0.15, 0.2) is 0 Å². The van der Waals surface area contributed by atoms with Crippen LogP contribution in [0, 0.1) is 0 Å². The molecule has 0 saturated carbocycles. The molecule has 31 heavy (non-hydrogen) atoms. The zero-order chi connectivity index (χ0) is 23.2. The number of anilines is 1. The van der Waals surface area contributed by atoms with Crippen molar-refractivity contribution >= 4 is 27.5 Å². The predicted molar refractivity (Wildman–Crippen MR) is 120 cm³/mol. The summed E-state index contributed by atoms with van der Waals surface area (Å²) in [7, 11) is -0.957. The molecule has 8 nitrogen and oxygen atoms in total. The van der Waals surface area contributed by atoms with Gasteiger partial charge in [-0.3, -0.25) is 13.9 Å². The first-order valence-electron chi connectivity index (χ1n) is 9.95. The van der Waals surface area contributed by atoms with Gasteiger partial charge in [0.25, 0.3) is 15.9 Å². The van der Waals surface area contributed by atoms with E-state index >= 15 is 0 Å². The fourth-order valence-electron chi connectivity index (χ4n) is 2.77. The lowest BCUT2D eigenvalue weighted by molar-refractivity contribution is -0.123. The van der Waals surface area contributed by atoms with Gasteiger partial charge < -0.3 is 15.4 Å². The van der Waals surface area contributed by atoms with Gasteiger partial charge in [-0.05, 0) is 56.7 Å². The van der Waals surface area contributed by atoms with Gasteiger partial charge in [-0.25, -0.2) is 8.42 Å². The number of methoxy groups -OCH3 is 1. The minimum atomic E-state index is -3.86. The SMILES string of the molecule is CC[C@@H](C)NC(=O)[C@@H](C)NC(=O)c1ccc(S(=O)(=O)N(C)c2ccccc2OC)cc1. The molecule has 0 aromatic heterocycles. The van der Waals surface area contributed by atoms with E-state index < -0.39 is 22.0 Å². The maximum atomic E-state index is 13.0. The Kier molecular flexibility index (Phi) is 8.04. The Balaban J connectivity index is 2.15. The average Bonchev–Trinajstić information content (AvgIpc) is 2.78. The van der Waals surface area contributed by atoms with Crippen LogP contribution in [-0.4, -0.2) is 46.5 Å². The van der Waals surface area contributed by atoms with E-state index in [2.05, 4.69) is 10.6 Å². The first kappa shape index (κ1) is 24.2. The van der Waals surface area contributed by atoms with Gasteiger partial charge >= 0.3 is 0 Å². The number of rotatable bonds is 9. The molecule has 0 spiro atoms. The molecule has 9 heteroatoms. The Morgan fingerprint density at radius 3 is 2.23 bits per heavy atom. The van der Waals surface area contributed by atoms with E-state index in [-0.39, 0.29) is 22.4 Å². The number of hydrogen-bond acceptors (Lipinski definition) is 5. The van der Waals surface area contributed by atoms with Gasteiger partial charge in [0.2, 0.25) is 5.91 Å². The van der Waals surface area contributed by atoms with E-state index in [1.54, 1.807) is 31.2 Å². The van der Waals surface area contributed by atoms with Gasteiger partial charge in [0.05, 0.1) is 17.7 Å². The van der Waals surface area contributed by atoms with Crippen molar-refractivity contribution in [2.24, 2.45) is 0 Å². The number of nitrogens with zero attached hydrogens (tertiary/aromatic N) is 1. The maximum Gasteiger partial charge on any atom is 0.264 e. The molecule has 0 unspecified atom stereocenters. The van der Waals surface area contributed by atoms with Crippen molar-refractivity contribution in [1.29, 1.82) is 0 Å². The zero-order valence-electron chi connectivity index (χ0n) is 18.4. The number of nitrogens with one attached hydrogen (secondary N) is 2. The zero-order valence-corrected chi connectivity index (χ0v) is 19.2. The summed E-state index contributed by atoms with van der Waals surface area (Å²) in [5.41, 5.74) is 0.648. The van der Waals surface area contributed by atoms with Gasteiger partial charge in [0.1, 0.15) is 11.8 Å². The van der Waals surface area contributed by atoms with Crippen LogP contribution < -0.4 is 19.7 Å². The molecule has 0 fully saturated rings. The number of carbonyl (C=O) groups excluding carboxylic acids is 2. The summed E-state index contributed by atoms with van der Waals surface area (Å²) in [5, 5.41) is 5.42. The second-order valence-corrected chi connectivity index (χ2v) is 9.15. The molecule has 0 radical (unpaired) electrons. The molecular weight excluding hydrogens is 418 g/mol. The fourth-order valence-corrected chi connectivity index (χ4v) is 3.98. The third-order valence-corrected chi connectivity index (χ3v) is 6.73. The van der Waals surface area contributed by atoms with E-state index in [0.717, 1.165) is 10.7 Å². The first-order valence-corrected chi connectivity index (χ1v) is 11.4. The van der Waals surface area contributed by atoms with Crippen molar-refractivity contribution < 1.29 is 22.7 Å². The molecule has 2 rings (SSSR count). The fraction of sp³-hybridized carbons (Fsp3) is 0.364. The summed E-state index contributed by atoms with van der Waals surface area (Å²) < 4.78 is 32.4. The molecule has 2 aromatic carbocycles. The van der Waals surface area contributed by atoms with E-state index in [9.17, 15) is 18.0 Å². The Morgan fingerprint density at radius 1 is 1.03 bits per heavy atom. The molecule has 2 aromatic rings. The van der Waals surface area contributed by atoms with Crippen molar-refractivity contribution in [2.45, 2.75) is 44.2 Å².